The Labute approximate surface area is 89.8 Å². The van der Waals surface area contributed by atoms with Gasteiger partial charge in [0.05, 0.1) is 0 Å². The molecule has 0 heterocycles. The fourth-order valence-corrected chi connectivity index (χ4v) is 3.75. The Kier molecular flexibility index (Phi) is 2.75. The summed E-state index contributed by atoms with van der Waals surface area (Å²) in [7, 11) is 0. The highest BCUT2D eigenvalue weighted by Gasteiger charge is 2.20. The summed E-state index contributed by atoms with van der Waals surface area (Å²) in [6.07, 6.45) is 2.43. The third kappa shape index (κ3) is 1.68. The summed E-state index contributed by atoms with van der Waals surface area (Å²) < 4.78 is 1.91. The first-order chi connectivity index (χ1) is 6.33. The summed E-state index contributed by atoms with van der Waals surface area (Å²) in [5.74, 6) is 0. The van der Waals surface area contributed by atoms with Crippen LogP contribution >= 0.6 is 0 Å². The molecule has 1 unspecified atom stereocenters. The van der Waals surface area contributed by atoms with Gasteiger partial charge in [0, 0.05) is 0 Å². The molecule has 2 rings (SSSR count). The van der Waals surface area contributed by atoms with Crippen molar-refractivity contribution in [3.63, 3.8) is 0 Å². The van der Waals surface area contributed by atoms with Crippen LogP contribution in [0.3, 0.4) is 0 Å². The molecule has 13 heavy (non-hydrogen) atoms. The van der Waals surface area contributed by atoms with Crippen LogP contribution in [0.25, 0.3) is 5.57 Å². The standard InChI is InChI=1S/C10H9.C2H4.Mg/c1-8-6-7-9-4-2-3-5-10(8)9;1-2;/h2-7H,1H3;1-2H2;. The van der Waals surface area contributed by atoms with E-state index in [2.05, 4.69) is 44.2 Å². The van der Waals surface area contributed by atoms with Gasteiger partial charge < -0.3 is 0 Å². The van der Waals surface area contributed by atoms with Gasteiger partial charge >= 0.3 is 20.4 Å². The molecule has 1 aromatic rings. The summed E-state index contributed by atoms with van der Waals surface area (Å²) in [5, 5.41) is 0. The van der Waals surface area contributed by atoms with Crippen LogP contribution in [0.4, 0.5) is 0 Å². The summed E-state index contributed by atoms with van der Waals surface area (Å²) in [5.41, 5.74) is 4.48. The lowest BCUT2D eigenvalue weighted by molar-refractivity contribution is 1.22. The minimum Gasteiger partial charge on any atom is -0.144 e. The van der Waals surface area contributed by atoms with E-state index in [4.69, 9.17) is 0 Å². The van der Waals surface area contributed by atoms with Crippen molar-refractivity contribution in [1.29, 1.82) is 0 Å². The van der Waals surface area contributed by atoms with E-state index in [9.17, 15) is 0 Å². The average Bonchev–Trinajstić information content (AvgIpc) is 2.46. The Morgan fingerprint density at radius 3 is 2.92 bits per heavy atom. The van der Waals surface area contributed by atoms with Gasteiger partial charge in [0.25, 0.3) is 0 Å². The van der Waals surface area contributed by atoms with Crippen LogP contribution < -0.4 is 0 Å². The second kappa shape index (κ2) is 3.85. The van der Waals surface area contributed by atoms with Crippen molar-refractivity contribution in [2.24, 2.45) is 0 Å². The van der Waals surface area contributed by atoms with Gasteiger partial charge in [-0.2, -0.15) is 0 Å². The molecule has 1 aromatic carbocycles. The molecule has 1 aliphatic rings. The zero-order valence-electron chi connectivity index (χ0n) is 8.09. The minimum absolute atomic E-state index is 0.0298. The van der Waals surface area contributed by atoms with Crippen molar-refractivity contribution < 1.29 is 0 Å². The lowest BCUT2D eigenvalue weighted by atomic mass is 10.1. The predicted molar refractivity (Wildman–Crippen MR) is 58.8 cm³/mol. The first-order valence-corrected chi connectivity index (χ1v) is 6.71. The molecule has 1 heteroatoms. The maximum absolute atomic E-state index is 3.98. The molecule has 0 spiro atoms. The molecule has 1 radical (unpaired) electrons. The highest BCUT2D eigenvalue weighted by atomic mass is 24.5. The van der Waals surface area contributed by atoms with Crippen molar-refractivity contribution in [3.8, 4) is 0 Å². The van der Waals surface area contributed by atoms with Gasteiger partial charge in [-0.05, 0) is 18.1 Å². The molecule has 0 nitrogen and oxygen atoms in total. The fourth-order valence-electron chi connectivity index (χ4n) is 2.12. The number of hydrogen-bond acceptors (Lipinski definition) is 0. The van der Waals surface area contributed by atoms with E-state index < -0.39 is 0 Å². The van der Waals surface area contributed by atoms with Crippen molar-refractivity contribution in [2.75, 3.05) is 0 Å². The van der Waals surface area contributed by atoms with Crippen LogP contribution in [0.15, 0.2) is 30.3 Å². The Balaban J connectivity index is 2.38. The SMILES string of the molecule is [CH2][CH2][Mg][CH]1C=C(C)c2ccccc21. The molecule has 63 valence electrons. The van der Waals surface area contributed by atoms with Crippen molar-refractivity contribution in [1.82, 2.24) is 0 Å². The summed E-state index contributed by atoms with van der Waals surface area (Å²) >= 11 is -0.0298. The molecule has 1 aliphatic carbocycles. The van der Waals surface area contributed by atoms with E-state index in [0.717, 1.165) is 8.60 Å². The zero-order chi connectivity index (χ0) is 9.26. The van der Waals surface area contributed by atoms with Crippen LogP contribution in [-0.2, 0) is 0 Å². The topological polar surface area (TPSA) is 0 Å². The van der Waals surface area contributed by atoms with Crippen molar-refractivity contribution in [3.05, 3.63) is 48.4 Å². The van der Waals surface area contributed by atoms with Gasteiger partial charge in [-0.3, -0.25) is 0 Å². The molecule has 0 saturated heterocycles. The smallest absolute Gasteiger partial charge is 0.144 e. The maximum Gasteiger partial charge on any atom is 0.381 e. The summed E-state index contributed by atoms with van der Waals surface area (Å²) in [6, 6.07) is 8.79. The van der Waals surface area contributed by atoms with E-state index in [1.165, 1.54) is 11.1 Å². The first kappa shape index (κ1) is 9.29. The van der Waals surface area contributed by atoms with Crippen LogP contribution in [0.2, 0.25) is 4.55 Å². The fraction of sp³-hybridized carbons (Fsp3) is 0.250. The van der Waals surface area contributed by atoms with Gasteiger partial charge in [0.2, 0.25) is 0 Å². The molecule has 0 aliphatic heterocycles. The van der Waals surface area contributed by atoms with E-state index >= 15 is 0 Å². The largest absolute Gasteiger partial charge is 0.381 e. The predicted octanol–water partition coefficient (Wildman–Crippen LogP) is 3.10. The second-order valence-corrected chi connectivity index (χ2v) is 5.85. The number of benzene rings is 1. The van der Waals surface area contributed by atoms with Crippen molar-refractivity contribution in [2.45, 2.75) is 15.5 Å². The number of fused-ring (bicyclic) bond motifs is 1. The van der Waals surface area contributed by atoms with Gasteiger partial charge in [-0.25, -0.2) is 0 Å². The zero-order valence-corrected chi connectivity index (χ0v) is 9.50. The van der Waals surface area contributed by atoms with E-state index in [0.29, 0.717) is 0 Å². The van der Waals surface area contributed by atoms with Gasteiger partial charge in [-0.15, -0.1) is 4.55 Å². The monoisotopic (exact) mass is 181 g/mol. The Morgan fingerprint density at radius 2 is 2.15 bits per heavy atom. The van der Waals surface area contributed by atoms with Crippen LogP contribution in [0, 0.1) is 6.92 Å². The summed E-state index contributed by atoms with van der Waals surface area (Å²) in [6.45, 7) is 6.20. The number of rotatable bonds is 2. The summed E-state index contributed by atoms with van der Waals surface area (Å²) in [4.78, 5) is 0. The molecule has 0 saturated carbocycles. The van der Waals surface area contributed by atoms with Gasteiger partial charge in [0.1, 0.15) is 0 Å². The lowest BCUT2D eigenvalue weighted by Crippen LogP contribution is -2.01. The van der Waals surface area contributed by atoms with Crippen LogP contribution in [-0.4, -0.2) is 20.4 Å². The third-order valence-corrected chi connectivity index (χ3v) is 4.46. The van der Waals surface area contributed by atoms with Crippen molar-refractivity contribution >= 4 is 25.9 Å². The molecule has 0 fully saturated rings. The van der Waals surface area contributed by atoms with Gasteiger partial charge in [-0.1, -0.05) is 46.9 Å². The molecule has 0 bridgehead atoms. The van der Waals surface area contributed by atoms with E-state index in [1.807, 2.05) is 0 Å². The molecule has 0 N–H and O–H groups in total. The Hall–Kier alpha value is -0.274. The maximum atomic E-state index is 3.98. The highest BCUT2D eigenvalue weighted by Crippen LogP contribution is 2.34. The Morgan fingerprint density at radius 1 is 1.38 bits per heavy atom. The molecule has 1 atom stereocenters. The van der Waals surface area contributed by atoms with Crippen LogP contribution in [0.5, 0.6) is 0 Å². The molecule has 0 amide bonds. The third-order valence-electron chi connectivity index (χ3n) is 2.75. The lowest BCUT2D eigenvalue weighted by Gasteiger charge is -2.07. The normalized spacial score (nSPS) is 19.2. The quantitative estimate of drug-likeness (QED) is 0.615. The highest BCUT2D eigenvalue weighted by molar-refractivity contribution is 6.39. The second-order valence-electron chi connectivity index (χ2n) is 3.69. The van der Waals surface area contributed by atoms with E-state index in [1.54, 1.807) is 5.56 Å². The van der Waals surface area contributed by atoms with Gasteiger partial charge in [0.15, 0.2) is 0 Å². The number of allylic oxidation sites excluding steroid dienone is 2. The first-order valence-electron chi connectivity index (χ1n) is 4.90. The Bertz CT molecular complexity index is 339. The van der Waals surface area contributed by atoms with Crippen LogP contribution in [0.1, 0.15) is 22.1 Å². The molecule has 0 aromatic heterocycles. The molecular weight excluding hydrogens is 168 g/mol. The average molecular weight is 182 g/mol. The minimum atomic E-state index is -0.0298. The molecular formula is C12H13Mg. The van der Waals surface area contributed by atoms with E-state index in [-0.39, 0.29) is 20.4 Å². The number of hydrogen-bond donors (Lipinski definition) is 0.